The summed E-state index contributed by atoms with van der Waals surface area (Å²) in [7, 11) is 0. The van der Waals surface area contributed by atoms with Gasteiger partial charge in [-0.05, 0) is 51.2 Å². The minimum Gasteiger partial charge on any atom is -0.450 e. The molecule has 1 aliphatic carbocycles. The monoisotopic (exact) mass is 342 g/mol. The number of alkyl carbamates (subject to hydrolysis) is 1. The summed E-state index contributed by atoms with van der Waals surface area (Å²) in [6, 6.07) is 9.01. The smallest absolute Gasteiger partial charge is 0.407 e. The van der Waals surface area contributed by atoms with Gasteiger partial charge >= 0.3 is 6.09 Å². The molecule has 1 saturated carbocycles. The molecule has 134 valence electrons. The molecule has 1 aromatic heterocycles. The minimum absolute atomic E-state index is 0.164. The molecule has 1 aromatic rings. The normalized spacial score (nSPS) is 29.8. The van der Waals surface area contributed by atoms with E-state index in [0.717, 1.165) is 50.9 Å². The molecule has 1 amide bonds. The standard InChI is InChI=1S/C19H26N4O2/c1-2-25-18(24)22-15-8-12-23(13-15)16-6-9-19(14-20,10-7-16)17-5-3-4-11-21-17/h3-5,11,15-16H,2,6-10,12-13H2,1H3,(H,22,24)/t15-,16?,19?/m1/s1. The number of ether oxygens (including phenoxy) is 1. The number of rotatable bonds is 4. The number of hydrogen-bond donors (Lipinski definition) is 1. The number of likely N-dealkylation sites (tertiary alicyclic amines) is 1. The summed E-state index contributed by atoms with van der Waals surface area (Å²) in [6.07, 6.45) is 6.09. The van der Waals surface area contributed by atoms with E-state index in [4.69, 9.17) is 4.74 Å². The molecule has 2 aliphatic rings. The molecule has 0 radical (unpaired) electrons. The maximum absolute atomic E-state index is 11.6. The summed E-state index contributed by atoms with van der Waals surface area (Å²) in [6.45, 7) is 4.07. The lowest BCUT2D eigenvalue weighted by Gasteiger charge is -2.38. The van der Waals surface area contributed by atoms with Crippen LogP contribution < -0.4 is 5.32 Å². The SMILES string of the molecule is CCOC(=O)N[C@@H]1CCN(C2CCC(C#N)(c3ccccn3)CC2)C1. The quantitative estimate of drug-likeness (QED) is 0.910. The van der Waals surface area contributed by atoms with E-state index in [1.165, 1.54) is 0 Å². The van der Waals surface area contributed by atoms with Gasteiger partial charge in [0.05, 0.1) is 23.8 Å². The van der Waals surface area contributed by atoms with Crippen LogP contribution in [0.5, 0.6) is 0 Å². The highest BCUT2D eigenvalue weighted by molar-refractivity contribution is 5.67. The molecule has 1 N–H and O–H groups in total. The van der Waals surface area contributed by atoms with Crippen LogP contribution >= 0.6 is 0 Å². The van der Waals surface area contributed by atoms with Crippen LogP contribution in [0.4, 0.5) is 4.79 Å². The Bertz CT molecular complexity index is 620. The van der Waals surface area contributed by atoms with Crippen LogP contribution in [0.2, 0.25) is 0 Å². The molecule has 0 aromatic carbocycles. The van der Waals surface area contributed by atoms with E-state index in [1.807, 2.05) is 25.1 Å². The van der Waals surface area contributed by atoms with Crippen molar-refractivity contribution >= 4 is 6.09 Å². The zero-order valence-electron chi connectivity index (χ0n) is 14.8. The van der Waals surface area contributed by atoms with Crippen LogP contribution in [-0.4, -0.2) is 47.8 Å². The third-order valence-electron chi connectivity index (χ3n) is 5.51. The first-order chi connectivity index (χ1) is 12.2. The van der Waals surface area contributed by atoms with E-state index in [-0.39, 0.29) is 12.1 Å². The van der Waals surface area contributed by atoms with Crippen molar-refractivity contribution in [3.05, 3.63) is 30.1 Å². The third-order valence-corrected chi connectivity index (χ3v) is 5.51. The van der Waals surface area contributed by atoms with Crippen LogP contribution in [0.15, 0.2) is 24.4 Å². The highest BCUT2D eigenvalue weighted by atomic mass is 16.5. The van der Waals surface area contributed by atoms with Crippen LogP contribution in [0.3, 0.4) is 0 Å². The lowest BCUT2D eigenvalue weighted by atomic mass is 9.71. The Labute approximate surface area is 149 Å². The summed E-state index contributed by atoms with van der Waals surface area (Å²) in [5.41, 5.74) is 0.458. The highest BCUT2D eigenvalue weighted by Crippen LogP contribution is 2.40. The van der Waals surface area contributed by atoms with Gasteiger partial charge in [-0.1, -0.05) is 6.07 Å². The summed E-state index contributed by atoms with van der Waals surface area (Å²) in [5, 5.41) is 12.7. The molecule has 1 atom stereocenters. The summed E-state index contributed by atoms with van der Waals surface area (Å²) in [5.74, 6) is 0. The van der Waals surface area contributed by atoms with Crippen LogP contribution in [-0.2, 0) is 10.2 Å². The Balaban J connectivity index is 1.54. The molecule has 2 heterocycles. The number of nitrogens with one attached hydrogen (secondary N) is 1. The fourth-order valence-corrected chi connectivity index (χ4v) is 4.11. The number of aromatic nitrogens is 1. The number of amides is 1. The van der Waals surface area contributed by atoms with E-state index in [0.29, 0.717) is 12.6 Å². The number of nitrogens with zero attached hydrogens (tertiary/aromatic N) is 3. The molecule has 6 nitrogen and oxygen atoms in total. The molecule has 6 heteroatoms. The maximum atomic E-state index is 11.6. The van der Waals surface area contributed by atoms with E-state index < -0.39 is 5.41 Å². The van der Waals surface area contributed by atoms with Gasteiger partial charge in [0.2, 0.25) is 0 Å². The Kier molecular flexibility index (Phi) is 5.54. The van der Waals surface area contributed by atoms with Gasteiger partial charge in [0.1, 0.15) is 0 Å². The first kappa shape index (κ1) is 17.7. The Morgan fingerprint density at radius 3 is 2.88 bits per heavy atom. The van der Waals surface area contributed by atoms with Crippen molar-refractivity contribution in [3.8, 4) is 6.07 Å². The van der Waals surface area contributed by atoms with Gasteiger partial charge in [-0.2, -0.15) is 5.26 Å². The van der Waals surface area contributed by atoms with Gasteiger partial charge in [-0.25, -0.2) is 4.79 Å². The van der Waals surface area contributed by atoms with Crippen molar-refractivity contribution in [1.29, 1.82) is 5.26 Å². The second-order valence-electron chi connectivity index (χ2n) is 6.99. The molecule has 1 aliphatic heterocycles. The first-order valence-corrected chi connectivity index (χ1v) is 9.17. The van der Waals surface area contributed by atoms with Gasteiger partial charge in [-0.15, -0.1) is 0 Å². The van der Waals surface area contributed by atoms with Gasteiger partial charge in [0, 0.05) is 31.4 Å². The molecule has 3 rings (SSSR count). The topological polar surface area (TPSA) is 78.2 Å². The predicted molar refractivity (Wildman–Crippen MR) is 93.9 cm³/mol. The predicted octanol–water partition coefficient (Wildman–Crippen LogP) is 2.61. The summed E-state index contributed by atoms with van der Waals surface area (Å²) in [4.78, 5) is 18.5. The van der Waals surface area contributed by atoms with Crippen molar-refractivity contribution in [3.63, 3.8) is 0 Å². The first-order valence-electron chi connectivity index (χ1n) is 9.17. The van der Waals surface area contributed by atoms with Crippen molar-refractivity contribution in [2.75, 3.05) is 19.7 Å². The van der Waals surface area contributed by atoms with E-state index in [2.05, 4.69) is 21.3 Å². The van der Waals surface area contributed by atoms with Gasteiger partial charge in [0.15, 0.2) is 0 Å². The fourth-order valence-electron chi connectivity index (χ4n) is 4.11. The fraction of sp³-hybridized carbons (Fsp3) is 0.632. The Hall–Kier alpha value is -2.13. The molecular weight excluding hydrogens is 316 g/mol. The number of pyridine rings is 1. The lowest BCUT2D eigenvalue weighted by molar-refractivity contribution is 0.143. The van der Waals surface area contributed by atoms with Crippen LogP contribution in [0.1, 0.15) is 44.7 Å². The second-order valence-corrected chi connectivity index (χ2v) is 6.99. The zero-order valence-corrected chi connectivity index (χ0v) is 14.8. The number of hydrogen-bond acceptors (Lipinski definition) is 5. The van der Waals surface area contributed by atoms with Gasteiger partial charge < -0.3 is 10.1 Å². The molecule has 0 unspecified atom stereocenters. The Morgan fingerprint density at radius 2 is 2.24 bits per heavy atom. The molecule has 0 bridgehead atoms. The van der Waals surface area contributed by atoms with Crippen molar-refractivity contribution in [1.82, 2.24) is 15.2 Å². The average molecular weight is 342 g/mol. The number of nitriles is 1. The van der Waals surface area contributed by atoms with Gasteiger partial charge in [0.25, 0.3) is 0 Å². The van der Waals surface area contributed by atoms with Crippen LogP contribution in [0.25, 0.3) is 0 Å². The van der Waals surface area contributed by atoms with Crippen molar-refractivity contribution in [2.24, 2.45) is 0 Å². The number of carbonyl (C=O) groups excluding carboxylic acids is 1. The van der Waals surface area contributed by atoms with Crippen molar-refractivity contribution in [2.45, 2.75) is 56.5 Å². The molecule has 25 heavy (non-hydrogen) atoms. The molecular formula is C19H26N4O2. The summed E-state index contributed by atoms with van der Waals surface area (Å²) < 4.78 is 4.96. The van der Waals surface area contributed by atoms with Crippen LogP contribution in [0, 0.1) is 11.3 Å². The van der Waals surface area contributed by atoms with E-state index in [9.17, 15) is 10.1 Å². The molecule has 2 fully saturated rings. The molecule has 0 spiro atoms. The Morgan fingerprint density at radius 1 is 1.44 bits per heavy atom. The van der Waals surface area contributed by atoms with Crippen molar-refractivity contribution < 1.29 is 9.53 Å². The minimum atomic E-state index is -0.444. The second kappa shape index (κ2) is 7.83. The largest absolute Gasteiger partial charge is 0.450 e. The summed E-state index contributed by atoms with van der Waals surface area (Å²) >= 11 is 0. The van der Waals surface area contributed by atoms with Gasteiger partial charge in [-0.3, -0.25) is 9.88 Å². The third kappa shape index (κ3) is 3.93. The van der Waals surface area contributed by atoms with E-state index in [1.54, 1.807) is 6.20 Å². The highest BCUT2D eigenvalue weighted by Gasteiger charge is 2.41. The lowest BCUT2D eigenvalue weighted by Crippen LogP contribution is -2.43. The zero-order chi connectivity index (χ0) is 17.7. The average Bonchev–Trinajstić information content (AvgIpc) is 3.11. The number of carbonyl (C=O) groups is 1. The van der Waals surface area contributed by atoms with E-state index >= 15 is 0 Å². The molecule has 1 saturated heterocycles. The maximum Gasteiger partial charge on any atom is 0.407 e.